The number of aryl methyl sites for hydroxylation is 18. The van der Waals surface area contributed by atoms with Crippen molar-refractivity contribution in [2.45, 2.75) is 130 Å². The quantitative estimate of drug-likeness (QED) is 0.0872. The minimum Gasteiger partial charge on any atom is -0.872 e. The Labute approximate surface area is 637 Å². The minimum absolute atomic E-state index is 0. The number of benzene rings is 9. The van der Waals surface area contributed by atoms with Crippen LogP contribution in [0.4, 0.5) is 0 Å². The zero-order valence-electron chi connectivity index (χ0n) is 60.8. The van der Waals surface area contributed by atoms with E-state index in [0.29, 0.717) is 5.56 Å². The van der Waals surface area contributed by atoms with Crippen LogP contribution in [-0.4, -0.2) is 37.4 Å². The molecule has 18 heteroatoms. The fraction of sp³-hybridized carbons (Fsp3) is 0.231. The van der Waals surface area contributed by atoms with E-state index in [1.807, 2.05) is 212 Å². The Kier molecular flexibility index (Phi) is 52.6. The molecule has 0 unspecified atom stereocenters. The molecule has 0 aliphatic rings. The van der Waals surface area contributed by atoms with Crippen molar-refractivity contribution < 1.29 is 148 Å². The van der Waals surface area contributed by atoms with E-state index in [-0.39, 0.29) is 111 Å². The van der Waals surface area contributed by atoms with Gasteiger partial charge in [0.25, 0.3) is 0 Å². The van der Waals surface area contributed by atoms with E-state index in [1.165, 1.54) is 17.2 Å². The molecule has 0 N–H and O–H groups in total. The molecule has 0 aliphatic heterocycles. The topological polar surface area (TPSA) is 212 Å². The van der Waals surface area contributed by atoms with Crippen LogP contribution in [0, 0.1) is 125 Å². The average Bonchev–Trinajstić information content (AvgIpc) is 0.879. The van der Waals surface area contributed by atoms with Crippen LogP contribution >= 0.6 is 7.60 Å². The molecule has 0 spiro atoms. The van der Waals surface area contributed by atoms with Crippen LogP contribution in [0.25, 0.3) is 0 Å². The van der Waals surface area contributed by atoms with Crippen LogP contribution in [0.5, 0.6) is 5.75 Å². The van der Waals surface area contributed by atoms with Crippen LogP contribution in [0.1, 0.15) is 162 Å². The zero-order valence-corrected chi connectivity index (χ0v) is 62.5. The first-order valence-corrected chi connectivity index (χ1v) is 31.1. The first-order valence-electron chi connectivity index (χ1n) is 29.1. The van der Waals surface area contributed by atoms with Gasteiger partial charge in [-0.05, 0) is 213 Å². The summed E-state index contributed by atoms with van der Waals surface area (Å²) in [4.78, 5) is 84.7. The summed E-state index contributed by atoms with van der Waals surface area (Å²) in [6.45, 7) is 34.3. The van der Waals surface area contributed by atoms with Crippen molar-refractivity contribution in [2.75, 3.05) is 0 Å². The molecule has 11 nitrogen and oxygen atoms in total. The summed E-state index contributed by atoms with van der Waals surface area (Å²) in [7, 11) is -4.58. The Hall–Kier alpha value is -6.04. The molecule has 9 aromatic rings. The Bertz CT molecular complexity index is 3590. The van der Waals surface area contributed by atoms with E-state index < -0.39 is 13.6 Å². The number of carboxylic acid groups (broad SMARTS) is 1. The van der Waals surface area contributed by atoms with Gasteiger partial charge in [0.2, 0.25) is 0 Å². The number of hydrogen-bond acceptors (Lipinski definition) is 12. The molecule has 0 saturated carbocycles. The monoisotopic (exact) mass is 1300 g/mol. The van der Waals surface area contributed by atoms with Crippen LogP contribution in [-0.2, 0) is 17.2 Å². The molecule has 0 aliphatic carbocycles. The van der Waals surface area contributed by atoms with E-state index in [9.17, 15) is 53.3 Å². The molecule has 0 fully saturated rings. The maximum Gasteiger partial charge on any atom is 1.00 e. The van der Waals surface area contributed by atoms with Crippen molar-refractivity contribution in [1.82, 2.24) is 0 Å². The molecule has 0 amide bonds. The predicted octanol–water partition coefficient (Wildman–Crippen LogP) is -0.305. The normalized spacial score (nSPS) is 9.25. The van der Waals surface area contributed by atoms with Gasteiger partial charge >= 0.3 is 94.3 Å². The van der Waals surface area contributed by atoms with Crippen molar-refractivity contribution >= 4 is 62.9 Å². The summed E-state index contributed by atoms with van der Waals surface area (Å²) in [5.41, 5.74) is 22.4. The molecular formula is C78H86Li5O11PS. The first kappa shape index (κ1) is 98.6. The number of aromatic carboxylic acids is 1. The van der Waals surface area contributed by atoms with Gasteiger partial charge in [-0.2, -0.15) is 4.90 Å². The standard InChI is InChI=1S/C9H10O2.5C9H10O.C8H11O3P.C8H10O.C8H10S.5Li/c1-6-3-4-7(2)8(5-6)9(10)11;5*1-7-3-4-8(2)9(5-7)6-10;1-6-3-4-7(2)8(5-6)12(9,10)11;2*1-6-3-4-7(2)8(9)5-6;;;;;/h3-5H,1-2H3,(H,10,11);5*3-6H,1-2H3;3-5H,1-2H3,(H2,9,10,11);2*3-5,9H,1-2H3;;;;;/q;;;;;;;;;5*+1/p-5. The number of aldehydes is 5. The van der Waals surface area contributed by atoms with Gasteiger partial charge in [0.15, 0.2) is 0 Å². The second-order valence-electron chi connectivity index (χ2n) is 22.3. The molecule has 0 heterocycles. The second kappa shape index (κ2) is 51.2. The smallest absolute Gasteiger partial charge is 0.872 e. The van der Waals surface area contributed by atoms with E-state index in [4.69, 9.17) is 12.6 Å². The molecule has 0 atom stereocenters. The molecule has 0 radical (unpaired) electrons. The van der Waals surface area contributed by atoms with E-state index >= 15 is 0 Å². The largest absolute Gasteiger partial charge is 1.00 e. The van der Waals surface area contributed by atoms with Gasteiger partial charge < -0.3 is 42.0 Å². The Balaban J connectivity index is -0.000000322. The van der Waals surface area contributed by atoms with Crippen LogP contribution < -0.4 is 120 Å². The third kappa shape index (κ3) is 38.8. The van der Waals surface area contributed by atoms with Gasteiger partial charge in [0.1, 0.15) is 31.4 Å². The van der Waals surface area contributed by atoms with Crippen molar-refractivity contribution in [3.63, 3.8) is 0 Å². The van der Waals surface area contributed by atoms with Crippen LogP contribution in [0.15, 0.2) is 169 Å². The number of carbonyl (C=O) groups is 6. The fourth-order valence-electron chi connectivity index (χ4n) is 7.82. The Morgan fingerprint density at radius 1 is 0.312 bits per heavy atom. The molecule has 480 valence electrons. The van der Waals surface area contributed by atoms with Crippen molar-refractivity contribution in [2.24, 2.45) is 0 Å². The molecule has 0 saturated heterocycles. The molecule has 96 heavy (non-hydrogen) atoms. The number of carboxylic acids is 1. The maximum atomic E-state index is 10.8. The van der Waals surface area contributed by atoms with Crippen molar-refractivity contribution in [3.05, 3.63) is 297 Å². The zero-order chi connectivity index (χ0) is 69.3. The number of hydrogen-bond donors (Lipinski definition) is 0. The molecule has 0 aromatic heterocycles. The SMILES string of the molecule is Cc1ccc(C)c(C(=O)[O-])c1.Cc1ccc(C)c(C=O)c1.Cc1ccc(C)c(C=O)c1.Cc1ccc(C)c(C=O)c1.Cc1ccc(C)c(C=O)c1.Cc1ccc(C)c(C=O)c1.Cc1ccc(C)c(P(=O)([O-])[O-])c1.Cc1ccc(C)c([O-])c1.Cc1ccc(C)c([S-])c1.[Li+].[Li+].[Li+].[Li+].[Li+]. The molecule has 9 aromatic carbocycles. The number of rotatable bonds is 7. The van der Waals surface area contributed by atoms with Crippen LogP contribution in [0.3, 0.4) is 0 Å². The predicted molar refractivity (Wildman–Crippen MR) is 367 cm³/mol. The minimum atomic E-state index is -4.58. The molecule has 9 rings (SSSR count). The van der Waals surface area contributed by atoms with Gasteiger partial charge in [-0.25, -0.2) is 0 Å². The third-order valence-electron chi connectivity index (χ3n) is 13.8. The van der Waals surface area contributed by atoms with E-state index in [2.05, 4.69) is 19.1 Å². The average molecular weight is 1300 g/mol. The van der Waals surface area contributed by atoms with Crippen molar-refractivity contribution in [3.8, 4) is 5.75 Å². The third-order valence-corrected chi connectivity index (χ3v) is 15.3. The van der Waals surface area contributed by atoms with Crippen LogP contribution in [0.2, 0.25) is 0 Å². The number of carbonyl (C=O) groups excluding carboxylic acids is 6. The summed E-state index contributed by atoms with van der Waals surface area (Å²) in [5, 5.41) is 21.2. The summed E-state index contributed by atoms with van der Waals surface area (Å²) < 4.78 is 10.7. The summed E-state index contributed by atoms with van der Waals surface area (Å²) in [6, 6.07) is 50.9. The Morgan fingerprint density at radius 2 is 0.531 bits per heavy atom. The second-order valence-corrected chi connectivity index (χ2v) is 24.2. The van der Waals surface area contributed by atoms with Gasteiger partial charge in [-0.3, -0.25) is 24.0 Å². The maximum absolute atomic E-state index is 10.8. The first-order chi connectivity index (χ1) is 42.6. The van der Waals surface area contributed by atoms with E-state index in [0.717, 1.165) is 148 Å². The van der Waals surface area contributed by atoms with E-state index in [1.54, 1.807) is 51.1 Å². The summed E-state index contributed by atoms with van der Waals surface area (Å²) >= 11 is 5.04. The van der Waals surface area contributed by atoms with Gasteiger partial charge in [0, 0.05) is 33.4 Å². The fourth-order valence-corrected chi connectivity index (χ4v) is 8.94. The summed E-state index contributed by atoms with van der Waals surface area (Å²) in [5.74, 6) is -0.971. The van der Waals surface area contributed by atoms with Crippen molar-refractivity contribution in [1.29, 1.82) is 0 Å². The summed E-state index contributed by atoms with van der Waals surface area (Å²) in [6.07, 6.45) is 4.46. The molecule has 0 bridgehead atoms. The van der Waals surface area contributed by atoms with Gasteiger partial charge in [0.05, 0.1) is 5.97 Å². The van der Waals surface area contributed by atoms with Gasteiger partial charge in [-0.1, -0.05) is 189 Å². The molecular weight excluding hydrogens is 1210 g/mol. The Morgan fingerprint density at radius 3 is 0.729 bits per heavy atom. The van der Waals surface area contributed by atoms with Gasteiger partial charge in [-0.15, -0.1) is 5.75 Å².